The van der Waals surface area contributed by atoms with Crippen molar-refractivity contribution in [2.75, 3.05) is 53.7 Å². The summed E-state index contributed by atoms with van der Waals surface area (Å²) in [6, 6.07) is 0. The van der Waals surface area contributed by atoms with E-state index in [1.807, 2.05) is 0 Å². The molecule has 0 amide bonds. The summed E-state index contributed by atoms with van der Waals surface area (Å²) < 4.78 is 16.2. The van der Waals surface area contributed by atoms with E-state index in [2.05, 4.69) is 18.7 Å². The number of hydrogen-bond acceptors (Lipinski definition) is 5. The molecule has 0 heterocycles. The molecule has 1 unspecified atom stereocenters. The fourth-order valence-corrected chi connectivity index (χ4v) is 5.66. The van der Waals surface area contributed by atoms with Crippen LogP contribution in [0.25, 0.3) is 0 Å². The van der Waals surface area contributed by atoms with Gasteiger partial charge in [-0.3, -0.25) is 4.79 Å². The first kappa shape index (κ1) is 40.4. The van der Waals surface area contributed by atoms with Crippen molar-refractivity contribution < 1.29 is 19.0 Å². The van der Waals surface area contributed by atoms with Crippen LogP contribution in [-0.2, 0) is 19.0 Å². The molecule has 0 aliphatic heterocycles. The maximum Gasteiger partial charge on any atom is 0.308 e. The molecule has 0 saturated heterocycles. The van der Waals surface area contributed by atoms with Crippen LogP contribution in [0.3, 0.4) is 0 Å². The van der Waals surface area contributed by atoms with Gasteiger partial charge in [0.2, 0.25) is 0 Å². The predicted molar refractivity (Wildman–Crippen MR) is 177 cm³/mol. The summed E-state index contributed by atoms with van der Waals surface area (Å²) in [6.45, 7) is 10.5. The van der Waals surface area contributed by atoms with E-state index < -0.39 is 0 Å². The minimum absolute atomic E-state index is 0.0837. The molecular weight excluding hydrogens is 510 g/mol. The fraction of sp³-hybridized carbons (Fsp3) is 0.972. The summed E-state index contributed by atoms with van der Waals surface area (Å²) in [5, 5.41) is 0. The summed E-state index contributed by atoms with van der Waals surface area (Å²) in [5.41, 5.74) is 0. The van der Waals surface area contributed by atoms with E-state index in [9.17, 15) is 4.79 Å². The van der Waals surface area contributed by atoms with Gasteiger partial charge < -0.3 is 19.1 Å². The topological polar surface area (TPSA) is 48.0 Å². The lowest BCUT2D eigenvalue weighted by Crippen LogP contribution is -2.27. The van der Waals surface area contributed by atoms with Crippen LogP contribution in [0.15, 0.2) is 0 Å². The van der Waals surface area contributed by atoms with Crippen molar-refractivity contribution >= 4 is 5.97 Å². The zero-order chi connectivity index (χ0) is 30.1. The molecule has 1 atom stereocenters. The largest absolute Gasteiger partial charge is 0.465 e. The molecule has 0 aromatic rings. The third-order valence-corrected chi connectivity index (χ3v) is 8.40. The lowest BCUT2D eigenvalue weighted by molar-refractivity contribution is -0.149. The van der Waals surface area contributed by atoms with Crippen LogP contribution in [0, 0.1) is 5.92 Å². The van der Waals surface area contributed by atoms with Gasteiger partial charge in [0.05, 0.1) is 12.5 Å². The Morgan fingerprint density at radius 3 is 1.34 bits per heavy atom. The molecule has 0 spiro atoms. The quantitative estimate of drug-likeness (QED) is 0.0557. The Hall–Kier alpha value is -0.650. The molecule has 0 radical (unpaired) electrons. The molecule has 0 bridgehead atoms. The Morgan fingerprint density at radius 1 is 0.488 bits per heavy atom. The number of hydrogen-bond donors (Lipinski definition) is 0. The number of unbranched alkanes of at least 4 members (excludes halogenated alkanes) is 17. The third-order valence-electron chi connectivity index (χ3n) is 8.40. The first-order valence-corrected chi connectivity index (χ1v) is 18.1. The smallest absolute Gasteiger partial charge is 0.308 e. The maximum absolute atomic E-state index is 12.9. The van der Waals surface area contributed by atoms with E-state index in [4.69, 9.17) is 14.2 Å². The van der Waals surface area contributed by atoms with Crippen molar-refractivity contribution in [1.82, 2.24) is 4.90 Å². The lowest BCUT2D eigenvalue weighted by Gasteiger charge is -2.22. The molecule has 5 nitrogen and oxygen atoms in total. The Bertz CT molecular complexity index is 516. The summed E-state index contributed by atoms with van der Waals surface area (Å²) >= 11 is 0. The standard InChI is InChI=1S/C36H73NO4/c1-5-7-9-11-14-20-28-35(27-19-13-10-8-6-2)36(38)41-34-25-17-12-15-21-29-37(31-23-26-33-40-4)30-22-16-18-24-32-39-3/h35H,5-34H2,1-4H3. The van der Waals surface area contributed by atoms with Gasteiger partial charge in [0, 0.05) is 27.4 Å². The highest BCUT2D eigenvalue weighted by Crippen LogP contribution is 2.21. The van der Waals surface area contributed by atoms with E-state index >= 15 is 0 Å². The number of ether oxygens (including phenoxy) is 3. The average molecular weight is 584 g/mol. The van der Waals surface area contributed by atoms with Gasteiger partial charge >= 0.3 is 5.97 Å². The number of carbonyl (C=O) groups excluding carboxylic acids is 1. The second-order valence-corrected chi connectivity index (χ2v) is 12.3. The molecule has 246 valence electrons. The van der Waals surface area contributed by atoms with Gasteiger partial charge in [-0.25, -0.2) is 0 Å². The van der Waals surface area contributed by atoms with Gasteiger partial charge in [0.1, 0.15) is 0 Å². The molecule has 0 aromatic heterocycles. The SMILES string of the molecule is CCCCCCCCC(CCCCCCC)C(=O)OCCCCCCCN(CCCCCCOC)CCCCOC. The van der Waals surface area contributed by atoms with Crippen molar-refractivity contribution in [1.29, 1.82) is 0 Å². The summed E-state index contributed by atoms with van der Waals surface area (Å²) in [6.07, 6.45) is 29.4. The zero-order valence-electron chi connectivity index (χ0n) is 28.4. The van der Waals surface area contributed by atoms with Crippen LogP contribution in [0.5, 0.6) is 0 Å². The van der Waals surface area contributed by atoms with Crippen LogP contribution in [0.4, 0.5) is 0 Å². The maximum atomic E-state index is 12.9. The first-order valence-electron chi connectivity index (χ1n) is 18.1. The molecule has 0 saturated carbocycles. The minimum atomic E-state index is 0.0837. The van der Waals surface area contributed by atoms with Crippen molar-refractivity contribution in [3.05, 3.63) is 0 Å². The van der Waals surface area contributed by atoms with Crippen LogP contribution in [0.2, 0.25) is 0 Å². The predicted octanol–water partition coefficient (Wildman–Crippen LogP) is 10.1. The Kier molecular flexibility index (Phi) is 33.3. The number of rotatable bonds is 34. The highest BCUT2D eigenvalue weighted by Gasteiger charge is 2.19. The van der Waals surface area contributed by atoms with Crippen LogP contribution in [0.1, 0.15) is 168 Å². The third kappa shape index (κ3) is 29.2. The molecule has 0 aliphatic carbocycles. The monoisotopic (exact) mass is 584 g/mol. The van der Waals surface area contributed by atoms with Crippen molar-refractivity contribution in [3.63, 3.8) is 0 Å². The Morgan fingerprint density at radius 2 is 0.854 bits per heavy atom. The average Bonchev–Trinajstić information content (AvgIpc) is 2.98. The van der Waals surface area contributed by atoms with Crippen molar-refractivity contribution in [2.24, 2.45) is 5.92 Å². The highest BCUT2D eigenvalue weighted by molar-refractivity contribution is 5.72. The van der Waals surface area contributed by atoms with Crippen LogP contribution in [-0.4, -0.2) is 64.5 Å². The first-order chi connectivity index (χ1) is 20.2. The highest BCUT2D eigenvalue weighted by atomic mass is 16.5. The molecular formula is C36H73NO4. The lowest BCUT2D eigenvalue weighted by atomic mass is 9.94. The van der Waals surface area contributed by atoms with Gasteiger partial charge in [0.25, 0.3) is 0 Å². The van der Waals surface area contributed by atoms with Gasteiger partial charge in [-0.05, 0) is 71.0 Å². The molecule has 0 fully saturated rings. The molecule has 0 aromatic carbocycles. The summed E-state index contributed by atoms with van der Waals surface area (Å²) in [5.74, 6) is 0.207. The van der Waals surface area contributed by atoms with E-state index in [0.29, 0.717) is 6.61 Å². The zero-order valence-corrected chi connectivity index (χ0v) is 28.4. The van der Waals surface area contributed by atoms with E-state index in [0.717, 1.165) is 38.9 Å². The van der Waals surface area contributed by atoms with E-state index in [-0.39, 0.29) is 11.9 Å². The number of esters is 1. The fourth-order valence-electron chi connectivity index (χ4n) is 5.66. The molecule has 5 heteroatoms. The number of methoxy groups -OCH3 is 2. The van der Waals surface area contributed by atoms with E-state index in [1.165, 1.54) is 148 Å². The minimum Gasteiger partial charge on any atom is -0.465 e. The van der Waals surface area contributed by atoms with Gasteiger partial charge in [-0.2, -0.15) is 0 Å². The summed E-state index contributed by atoms with van der Waals surface area (Å²) in [4.78, 5) is 15.6. The number of carbonyl (C=O) groups is 1. The van der Waals surface area contributed by atoms with Crippen LogP contribution >= 0.6 is 0 Å². The Labute approximate surface area is 257 Å². The molecule has 0 aliphatic rings. The Balaban J connectivity index is 4.15. The van der Waals surface area contributed by atoms with Gasteiger partial charge in [-0.1, -0.05) is 117 Å². The number of nitrogens with zero attached hydrogens (tertiary/aromatic N) is 1. The van der Waals surface area contributed by atoms with E-state index in [1.54, 1.807) is 14.2 Å². The second kappa shape index (κ2) is 33.8. The second-order valence-electron chi connectivity index (χ2n) is 12.3. The molecule has 0 rings (SSSR count). The van der Waals surface area contributed by atoms with Crippen molar-refractivity contribution in [3.8, 4) is 0 Å². The van der Waals surface area contributed by atoms with Crippen molar-refractivity contribution in [2.45, 2.75) is 168 Å². The molecule has 41 heavy (non-hydrogen) atoms. The molecule has 0 N–H and O–H groups in total. The van der Waals surface area contributed by atoms with Crippen LogP contribution < -0.4 is 0 Å². The summed E-state index contributed by atoms with van der Waals surface area (Å²) in [7, 11) is 3.59. The normalized spacial score (nSPS) is 12.3. The van der Waals surface area contributed by atoms with Gasteiger partial charge in [-0.15, -0.1) is 0 Å². The van der Waals surface area contributed by atoms with Gasteiger partial charge in [0.15, 0.2) is 0 Å².